The van der Waals surface area contributed by atoms with Gasteiger partial charge in [0.05, 0.1) is 0 Å². The molecule has 1 fully saturated rings. The summed E-state index contributed by atoms with van der Waals surface area (Å²) in [6.07, 6.45) is 7.21. The summed E-state index contributed by atoms with van der Waals surface area (Å²) in [7, 11) is 0. The van der Waals surface area contributed by atoms with Crippen LogP contribution in [0.1, 0.15) is 19.8 Å². The van der Waals surface area contributed by atoms with Crippen molar-refractivity contribution in [3.8, 4) is 0 Å². The van der Waals surface area contributed by atoms with Crippen LogP contribution in [0.3, 0.4) is 0 Å². The molecular weight excluding hydrogens is 138 g/mol. The normalized spacial score (nSPS) is 43.3. The third-order valence-electron chi connectivity index (χ3n) is 3.18. The van der Waals surface area contributed by atoms with Gasteiger partial charge in [-0.05, 0) is 37.5 Å². The highest BCUT2D eigenvalue weighted by Crippen LogP contribution is 2.44. The van der Waals surface area contributed by atoms with Crippen LogP contribution in [0.2, 0.25) is 0 Å². The lowest BCUT2D eigenvalue weighted by molar-refractivity contribution is 0.0977. The molecule has 0 aliphatic heterocycles. The van der Waals surface area contributed by atoms with Crippen LogP contribution >= 0.6 is 0 Å². The molecule has 2 aliphatic rings. The van der Waals surface area contributed by atoms with E-state index in [1.165, 1.54) is 12.8 Å². The molecular formula is C9H15NO. The number of hydrogen-bond acceptors (Lipinski definition) is 2. The first-order valence-electron chi connectivity index (χ1n) is 4.39. The molecule has 0 heterocycles. The van der Waals surface area contributed by atoms with Gasteiger partial charge in [-0.15, -0.1) is 0 Å². The molecule has 11 heavy (non-hydrogen) atoms. The fraction of sp³-hybridized carbons (Fsp3) is 0.778. The Labute approximate surface area is 67.3 Å². The third-order valence-corrected chi connectivity index (χ3v) is 3.18. The van der Waals surface area contributed by atoms with Crippen molar-refractivity contribution in [2.45, 2.75) is 25.8 Å². The maximum Gasteiger partial charge on any atom is 0.0325 e. The highest BCUT2D eigenvalue weighted by molar-refractivity contribution is 5.11. The van der Waals surface area contributed by atoms with Gasteiger partial charge in [0, 0.05) is 6.04 Å². The van der Waals surface area contributed by atoms with Crippen molar-refractivity contribution in [1.82, 2.24) is 5.48 Å². The zero-order chi connectivity index (χ0) is 7.84. The maximum absolute atomic E-state index is 8.75. The van der Waals surface area contributed by atoms with E-state index in [-0.39, 0.29) is 6.04 Å². The van der Waals surface area contributed by atoms with E-state index in [9.17, 15) is 0 Å². The molecule has 0 radical (unpaired) electrons. The van der Waals surface area contributed by atoms with Crippen molar-refractivity contribution in [1.29, 1.82) is 0 Å². The van der Waals surface area contributed by atoms with Crippen molar-refractivity contribution in [2.24, 2.45) is 17.8 Å². The molecule has 0 aromatic rings. The van der Waals surface area contributed by atoms with Crippen molar-refractivity contribution in [2.75, 3.05) is 0 Å². The molecule has 2 aliphatic carbocycles. The molecule has 4 atom stereocenters. The summed E-state index contributed by atoms with van der Waals surface area (Å²) >= 11 is 0. The fourth-order valence-corrected chi connectivity index (χ4v) is 2.49. The van der Waals surface area contributed by atoms with Crippen molar-refractivity contribution >= 4 is 0 Å². The Bertz CT molecular complexity index is 178. The van der Waals surface area contributed by atoms with Crippen molar-refractivity contribution < 1.29 is 5.21 Å². The highest BCUT2D eigenvalue weighted by Gasteiger charge is 2.38. The number of nitrogens with one attached hydrogen (secondary N) is 1. The lowest BCUT2D eigenvalue weighted by Crippen LogP contribution is -2.33. The summed E-state index contributed by atoms with van der Waals surface area (Å²) in [6.45, 7) is 2.05. The standard InChI is InChI=1S/C9H15NO/c1-6(10-11)9-5-7-2-3-8(9)4-7/h2-3,6-11H,4-5H2,1H3. The number of rotatable bonds is 2. The van der Waals surface area contributed by atoms with Gasteiger partial charge in [0.2, 0.25) is 0 Å². The van der Waals surface area contributed by atoms with Crippen LogP contribution < -0.4 is 5.48 Å². The predicted molar refractivity (Wildman–Crippen MR) is 43.2 cm³/mol. The van der Waals surface area contributed by atoms with Crippen LogP contribution in [0, 0.1) is 17.8 Å². The first-order valence-corrected chi connectivity index (χ1v) is 4.39. The van der Waals surface area contributed by atoms with Crippen LogP contribution in [0.5, 0.6) is 0 Å². The molecule has 0 aromatic carbocycles. The minimum Gasteiger partial charge on any atom is -0.317 e. The van der Waals surface area contributed by atoms with E-state index >= 15 is 0 Å². The van der Waals surface area contributed by atoms with Gasteiger partial charge in [-0.2, -0.15) is 0 Å². The van der Waals surface area contributed by atoms with Crippen LogP contribution in [0.4, 0.5) is 0 Å². The molecule has 4 unspecified atom stereocenters. The summed E-state index contributed by atoms with van der Waals surface area (Å²) in [4.78, 5) is 0. The Morgan fingerprint density at radius 2 is 2.27 bits per heavy atom. The molecule has 2 rings (SSSR count). The SMILES string of the molecule is CC(NO)C1CC2C=CC1C2. The summed E-state index contributed by atoms with van der Waals surface area (Å²) in [5, 5.41) is 8.75. The summed E-state index contributed by atoms with van der Waals surface area (Å²) in [6, 6.07) is 0.259. The predicted octanol–water partition coefficient (Wildman–Crippen LogP) is 1.57. The fourth-order valence-electron chi connectivity index (χ4n) is 2.49. The molecule has 62 valence electrons. The van der Waals surface area contributed by atoms with Gasteiger partial charge >= 0.3 is 0 Å². The molecule has 0 saturated heterocycles. The first kappa shape index (κ1) is 7.32. The number of fused-ring (bicyclic) bond motifs is 2. The Hall–Kier alpha value is -0.340. The molecule has 0 amide bonds. The zero-order valence-corrected chi connectivity index (χ0v) is 6.83. The molecule has 1 saturated carbocycles. The summed E-state index contributed by atoms with van der Waals surface area (Å²) < 4.78 is 0. The topological polar surface area (TPSA) is 32.3 Å². The minimum atomic E-state index is 0.259. The largest absolute Gasteiger partial charge is 0.317 e. The van der Waals surface area contributed by atoms with Gasteiger partial charge in [0.25, 0.3) is 0 Å². The zero-order valence-electron chi connectivity index (χ0n) is 6.83. The van der Waals surface area contributed by atoms with E-state index in [0.717, 1.165) is 11.8 Å². The molecule has 2 N–H and O–H groups in total. The van der Waals surface area contributed by atoms with E-state index in [4.69, 9.17) is 5.21 Å². The van der Waals surface area contributed by atoms with E-state index in [0.29, 0.717) is 5.92 Å². The minimum absolute atomic E-state index is 0.259. The Balaban J connectivity index is 2.02. The van der Waals surface area contributed by atoms with Gasteiger partial charge in [0.15, 0.2) is 0 Å². The van der Waals surface area contributed by atoms with E-state index in [2.05, 4.69) is 24.6 Å². The van der Waals surface area contributed by atoms with Crippen LogP contribution in [-0.4, -0.2) is 11.2 Å². The second-order valence-corrected chi connectivity index (χ2v) is 3.86. The van der Waals surface area contributed by atoms with Crippen molar-refractivity contribution in [3.63, 3.8) is 0 Å². The third kappa shape index (κ3) is 1.10. The number of hydrogen-bond donors (Lipinski definition) is 2. The lowest BCUT2D eigenvalue weighted by atomic mass is 9.88. The molecule has 2 nitrogen and oxygen atoms in total. The Morgan fingerprint density at radius 3 is 2.73 bits per heavy atom. The van der Waals surface area contributed by atoms with Gasteiger partial charge in [0.1, 0.15) is 0 Å². The van der Waals surface area contributed by atoms with Gasteiger partial charge < -0.3 is 5.21 Å². The average molecular weight is 153 g/mol. The van der Waals surface area contributed by atoms with Crippen LogP contribution in [0.15, 0.2) is 12.2 Å². The number of hydroxylamine groups is 1. The quantitative estimate of drug-likeness (QED) is 0.466. The van der Waals surface area contributed by atoms with Gasteiger partial charge in [-0.25, -0.2) is 5.48 Å². The average Bonchev–Trinajstić information content (AvgIpc) is 2.62. The second-order valence-electron chi connectivity index (χ2n) is 3.86. The highest BCUT2D eigenvalue weighted by atomic mass is 16.5. The smallest absolute Gasteiger partial charge is 0.0325 e. The second kappa shape index (κ2) is 2.61. The molecule has 0 spiro atoms. The van der Waals surface area contributed by atoms with E-state index in [1.807, 2.05) is 0 Å². The number of allylic oxidation sites excluding steroid dienone is 2. The molecule has 2 heteroatoms. The monoisotopic (exact) mass is 153 g/mol. The van der Waals surface area contributed by atoms with E-state index < -0.39 is 0 Å². The van der Waals surface area contributed by atoms with Crippen LogP contribution in [0.25, 0.3) is 0 Å². The molecule has 2 bridgehead atoms. The van der Waals surface area contributed by atoms with Gasteiger partial charge in [-0.1, -0.05) is 12.2 Å². The van der Waals surface area contributed by atoms with E-state index in [1.54, 1.807) is 0 Å². The van der Waals surface area contributed by atoms with Crippen molar-refractivity contribution in [3.05, 3.63) is 12.2 Å². The van der Waals surface area contributed by atoms with Crippen LogP contribution in [-0.2, 0) is 0 Å². The Morgan fingerprint density at radius 1 is 1.45 bits per heavy atom. The Kier molecular flexibility index (Phi) is 1.74. The maximum atomic E-state index is 8.75. The summed E-state index contributed by atoms with van der Waals surface area (Å²) in [5.74, 6) is 2.20. The molecule has 0 aromatic heterocycles. The lowest BCUT2D eigenvalue weighted by Gasteiger charge is -2.23. The van der Waals surface area contributed by atoms with Gasteiger partial charge in [-0.3, -0.25) is 0 Å². The first-order chi connectivity index (χ1) is 5.31. The summed E-state index contributed by atoms with van der Waals surface area (Å²) in [5.41, 5.74) is 2.36.